The van der Waals surface area contributed by atoms with Crippen LogP contribution in [-0.4, -0.2) is 7.11 Å². The van der Waals surface area contributed by atoms with E-state index in [0.29, 0.717) is 21.9 Å². The second-order valence-electron chi connectivity index (χ2n) is 3.69. The van der Waals surface area contributed by atoms with Crippen molar-refractivity contribution in [2.24, 2.45) is 0 Å². The third-order valence-corrected chi connectivity index (χ3v) is 2.83. The van der Waals surface area contributed by atoms with Crippen LogP contribution in [0.25, 0.3) is 11.1 Å². The predicted octanol–water partition coefficient (Wildman–Crippen LogP) is 4.03. The number of hydrogen-bond acceptors (Lipinski definition) is 2. The normalized spacial score (nSPS) is 9.89. The van der Waals surface area contributed by atoms with E-state index in [-0.39, 0.29) is 0 Å². The Morgan fingerprint density at radius 1 is 1.22 bits per heavy atom. The summed E-state index contributed by atoms with van der Waals surface area (Å²) >= 11 is 5.99. The Kier molecular flexibility index (Phi) is 3.50. The summed E-state index contributed by atoms with van der Waals surface area (Å²) in [5.74, 6) is 0.164. The highest BCUT2D eigenvalue weighted by Crippen LogP contribution is 2.31. The quantitative estimate of drug-likeness (QED) is 0.818. The first kappa shape index (κ1) is 12.4. The molecular weight excluding hydrogens is 253 g/mol. The fourth-order valence-electron chi connectivity index (χ4n) is 1.66. The van der Waals surface area contributed by atoms with Crippen LogP contribution in [0.5, 0.6) is 5.75 Å². The number of rotatable bonds is 2. The summed E-state index contributed by atoms with van der Waals surface area (Å²) in [5, 5.41) is 9.24. The molecule has 0 unspecified atom stereocenters. The Morgan fingerprint density at radius 2 is 2.00 bits per heavy atom. The number of benzene rings is 2. The lowest BCUT2D eigenvalue weighted by atomic mass is 10.0. The molecule has 2 nitrogen and oxygen atoms in total. The molecule has 0 saturated carbocycles. The first-order chi connectivity index (χ1) is 8.63. The zero-order chi connectivity index (χ0) is 13.1. The van der Waals surface area contributed by atoms with Crippen LogP contribution in [0.4, 0.5) is 4.39 Å². The maximum absolute atomic E-state index is 13.0. The number of hydrogen-bond donors (Lipinski definition) is 0. The lowest BCUT2D eigenvalue weighted by Crippen LogP contribution is -1.88. The van der Waals surface area contributed by atoms with Crippen molar-refractivity contribution in [3.05, 3.63) is 52.8 Å². The molecule has 0 radical (unpaired) electrons. The average molecular weight is 262 g/mol. The van der Waals surface area contributed by atoms with Crippen LogP contribution in [0.1, 0.15) is 5.56 Å². The van der Waals surface area contributed by atoms with Crippen molar-refractivity contribution in [3.63, 3.8) is 0 Å². The first-order valence-corrected chi connectivity index (χ1v) is 5.56. The molecule has 0 aromatic heterocycles. The summed E-state index contributed by atoms with van der Waals surface area (Å²) < 4.78 is 18.1. The van der Waals surface area contributed by atoms with Gasteiger partial charge in [0.25, 0.3) is 0 Å². The Labute approximate surface area is 109 Å². The molecule has 0 saturated heterocycles. The summed E-state index contributed by atoms with van der Waals surface area (Å²) in [5.41, 5.74) is 1.84. The van der Waals surface area contributed by atoms with Crippen molar-refractivity contribution in [3.8, 4) is 22.9 Å². The van der Waals surface area contributed by atoms with Crippen molar-refractivity contribution in [1.82, 2.24) is 0 Å². The fraction of sp³-hybridized carbons (Fsp3) is 0.0714. The van der Waals surface area contributed by atoms with Crippen LogP contribution >= 0.6 is 11.6 Å². The Bertz CT molecular complexity index is 634. The van der Waals surface area contributed by atoms with Crippen molar-refractivity contribution in [2.75, 3.05) is 7.11 Å². The maximum Gasteiger partial charge on any atom is 0.124 e. The van der Waals surface area contributed by atoms with Gasteiger partial charge >= 0.3 is 0 Å². The zero-order valence-corrected chi connectivity index (χ0v) is 10.3. The van der Waals surface area contributed by atoms with Crippen molar-refractivity contribution in [1.29, 1.82) is 5.26 Å². The minimum atomic E-state index is -0.396. The van der Waals surface area contributed by atoms with E-state index in [1.54, 1.807) is 24.3 Å². The number of methoxy groups -OCH3 is 1. The van der Waals surface area contributed by atoms with Gasteiger partial charge in [-0.25, -0.2) is 4.39 Å². The van der Waals surface area contributed by atoms with Gasteiger partial charge in [-0.2, -0.15) is 5.26 Å². The van der Waals surface area contributed by atoms with E-state index in [2.05, 4.69) is 0 Å². The Balaban J connectivity index is 2.60. The van der Waals surface area contributed by atoms with Crippen molar-refractivity contribution >= 4 is 11.6 Å². The van der Waals surface area contributed by atoms with Crippen molar-refractivity contribution < 1.29 is 9.13 Å². The SMILES string of the molecule is COc1cc(C#N)cc(-c2ccc(F)cc2Cl)c1. The first-order valence-electron chi connectivity index (χ1n) is 5.18. The number of ether oxygens (including phenoxy) is 1. The van der Waals surface area contributed by atoms with Crippen LogP contribution in [0, 0.1) is 17.1 Å². The van der Waals surface area contributed by atoms with Gasteiger partial charge in [-0.1, -0.05) is 11.6 Å². The molecule has 4 heteroatoms. The molecule has 2 aromatic rings. The highest BCUT2D eigenvalue weighted by molar-refractivity contribution is 6.33. The van der Waals surface area contributed by atoms with E-state index in [1.165, 1.54) is 19.2 Å². The summed E-state index contributed by atoms with van der Waals surface area (Å²) in [6.45, 7) is 0. The summed E-state index contributed by atoms with van der Waals surface area (Å²) in [7, 11) is 1.52. The molecule has 0 spiro atoms. The molecule has 90 valence electrons. The molecule has 2 rings (SSSR count). The number of nitriles is 1. The molecule has 0 aliphatic rings. The number of halogens is 2. The second-order valence-corrected chi connectivity index (χ2v) is 4.09. The average Bonchev–Trinajstić information content (AvgIpc) is 2.38. The van der Waals surface area contributed by atoms with Gasteiger partial charge in [-0.05, 0) is 42.0 Å². The molecule has 18 heavy (non-hydrogen) atoms. The van der Waals surface area contributed by atoms with Crippen LogP contribution < -0.4 is 4.74 Å². The van der Waals surface area contributed by atoms with Crippen LogP contribution in [0.3, 0.4) is 0 Å². The summed E-state index contributed by atoms with van der Waals surface area (Å²) in [4.78, 5) is 0. The maximum atomic E-state index is 13.0. The van der Waals surface area contributed by atoms with Gasteiger partial charge in [0.15, 0.2) is 0 Å². The van der Waals surface area contributed by atoms with Crippen molar-refractivity contribution in [2.45, 2.75) is 0 Å². The molecule has 0 N–H and O–H groups in total. The molecule has 0 heterocycles. The second kappa shape index (κ2) is 5.07. The highest BCUT2D eigenvalue weighted by Gasteiger charge is 2.08. The smallest absolute Gasteiger partial charge is 0.124 e. The van der Waals surface area contributed by atoms with Gasteiger partial charge in [-0.15, -0.1) is 0 Å². The van der Waals surface area contributed by atoms with E-state index in [1.807, 2.05) is 6.07 Å². The lowest BCUT2D eigenvalue weighted by Gasteiger charge is -2.08. The van der Waals surface area contributed by atoms with E-state index < -0.39 is 5.82 Å². The molecule has 0 amide bonds. The fourth-order valence-corrected chi connectivity index (χ4v) is 1.94. The molecule has 0 aliphatic heterocycles. The van der Waals surface area contributed by atoms with Gasteiger partial charge in [0, 0.05) is 5.56 Å². The summed E-state index contributed by atoms with van der Waals surface area (Å²) in [6, 6.07) is 11.2. The predicted molar refractivity (Wildman–Crippen MR) is 68.1 cm³/mol. The topological polar surface area (TPSA) is 33.0 Å². The highest BCUT2D eigenvalue weighted by atomic mass is 35.5. The van der Waals surface area contributed by atoms with E-state index in [0.717, 1.165) is 5.56 Å². The van der Waals surface area contributed by atoms with Crippen LogP contribution in [0.15, 0.2) is 36.4 Å². The van der Waals surface area contributed by atoms with Crippen LogP contribution in [-0.2, 0) is 0 Å². The molecule has 2 aromatic carbocycles. The standard InChI is InChI=1S/C14H9ClFNO/c1-18-12-5-9(8-17)4-10(6-12)13-3-2-11(16)7-14(13)15/h2-7H,1H3. The van der Waals surface area contributed by atoms with Gasteiger partial charge in [-0.3, -0.25) is 0 Å². The third-order valence-electron chi connectivity index (χ3n) is 2.51. The van der Waals surface area contributed by atoms with E-state index in [4.69, 9.17) is 21.6 Å². The lowest BCUT2D eigenvalue weighted by molar-refractivity contribution is 0.415. The van der Waals surface area contributed by atoms with E-state index >= 15 is 0 Å². The molecule has 0 atom stereocenters. The largest absolute Gasteiger partial charge is 0.497 e. The molecule has 0 fully saturated rings. The van der Waals surface area contributed by atoms with Gasteiger partial charge < -0.3 is 4.74 Å². The Hall–Kier alpha value is -2.05. The minimum Gasteiger partial charge on any atom is -0.497 e. The van der Waals surface area contributed by atoms with Gasteiger partial charge in [0.2, 0.25) is 0 Å². The molecule has 0 aliphatic carbocycles. The third kappa shape index (κ3) is 2.44. The molecule has 0 bridgehead atoms. The summed E-state index contributed by atoms with van der Waals surface area (Å²) in [6.07, 6.45) is 0. The molecular formula is C14H9ClFNO. The van der Waals surface area contributed by atoms with Gasteiger partial charge in [0.1, 0.15) is 11.6 Å². The monoisotopic (exact) mass is 261 g/mol. The number of nitrogens with zero attached hydrogens (tertiary/aromatic N) is 1. The van der Waals surface area contributed by atoms with Gasteiger partial charge in [0.05, 0.1) is 23.8 Å². The zero-order valence-electron chi connectivity index (χ0n) is 9.58. The minimum absolute atomic E-state index is 0.298. The van der Waals surface area contributed by atoms with E-state index in [9.17, 15) is 4.39 Å². The van der Waals surface area contributed by atoms with Crippen LogP contribution in [0.2, 0.25) is 5.02 Å². The Morgan fingerprint density at radius 3 is 2.61 bits per heavy atom.